The van der Waals surface area contributed by atoms with E-state index in [4.69, 9.17) is 0 Å². The van der Waals surface area contributed by atoms with Crippen LogP contribution in [0.3, 0.4) is 0 Å². The Kier molecular flexibility index (Phi) is 5.82. The maximum Gasteiger partial charge on any atom is 0.358 e. The first-order valence-electron chi connectivity index (χ1n) is 10.3. The number of pyridine rings is 1. The molecule has 2 N–H and O–H groups in total. The van der Waals surface area contributed by atoms with E-state index < -0.39 is 17.7 Å². The van der Waals surface area contributed by atoms with E-state index in [9.17, 15) is 24.3 Å². The molecule has 3 heterocycles. The van der Waals surface area contributed by atoms with E-state index in [0.717, 1.165) is 6.20 Å². The van der Waals surface area contributed by atoms with Gasteiger partial charge in [0.05, 0.1) is 29.8 Å². The average molecular weight is 450 g/mol. The van der Waals surface area contributed by atoms with E-state index in [0.29, 0.717) is 5.56 Å². The van der Waals surface area contributed by atoms with Gasteiger partial charge in [-0.2, -0.15) is 0 Å². The molecule has 1 aliphatic rings. The van der Waals surface area contributed by atoms with Crippen molar-refractivity contribution in [2.75, 3.05) is 26.7 Å². The van der Waals surface area contributed by atoms with Gasteiger partial charge in [0.2, 0.25) is 0 Å². The molecule has 0 radical (unpaired) electrons. The topological polar surface area (TPSA) is 133 Å². The third kappa shape index (κ3) is 3.91. The average Bonchev–Trinajstić information content (AvgIpc) is 3.29. The number of hydrogen-bond acceptors (Lipinski definition) is 7. The number of hydrogen-bond donors (Lipinski definition) is 2. The Morgan fingerprint density at radius 3 is 2.55 bits per heavy atom. The van der Waals surface area contributed by atoms with E-state index >= 15 is 0 Å². The third-order valence-electron chi connectivity index (χ3n) is 5.70. The fraction of sp³-hybridized carbons (Fsp3) is 0.261. The van der Waals surface area contributed by atoms with Gasteiger partial charge in [0.25, 0.3) is 17.6 Å². The predicted octanol–water partition coefficient (Wildman–Crippen LogP) is 1.61. The van der Waals surface area contributed by atoms with Crippen LogP contribution in [0.4, 0.5) is 0 Å². The summed E-state index contributed by atoms with van der Waals surface area (Å²) in [5.41, 5.74) is 0.475. The number of ketones is 1. The Balaban J connectivity index is 1.54. The lowest BCUT2D eigenvalue weighted by Crippen LogP contribution is -2.56. The fourth-order valence-corrected chi connectivity index (χ4v) is 4.01. The number of aromatic nitrogens is 2. The molecular weight excluding hydrogens is 428 g/mol. The molecule has 2 amide bonds. The van der Waals surface area contributed by atoms with Crippen molar-refractivity contribution in [3.63, 3.8) is 0 Å². The molecule has 10 heteroatoms. The number of nitrogens with zero attached hydrogens (tertiary/aromatic N) is 3. The zero-order chi connectivity index (χ0) is 23.7. The first kappa shape index (κ1) is 22.0. The number of carbonyl (C=O) groups is 4. The number of H-pyrrole nitrogens is 1. The highest BCUT2D eigenvalue weighted by molar-refractivity contribution is 6.45. The number of aromatic hydroxyl groups is 1. The molecule has 1 aliphatic heterocycles. The molecule has 4 rings (SSSR count). The molecule has 33 heavy (non-hydrogen) atoms. The van der Waals surface area contributed by atoms with Crippen LogP contribution in [0.1, 0.15) is 38.1 Å². The molecule has 1 aromatic carbocycles. The first-order valence-corrected chi connectivity index (χ1v) is 10.3. The molecule has 0 aliphatic carbocycles. The van der Waals surface area contributed by atoms with Crippen LogP contribution in [0.25, 0.3) is 10.9 Å². The van der Waals surface area contributed by atoms with Crippen LogP contribution in [0.15, 0.2) is 42.7 Å². The van der Waals surface area contributed by atoms with Gasteiger partial charge in [-0.3, -0.25) is 14.4 Å². The summed E-state index contributed by atoms with van der Waals surface area (Å²) >= 11 is 0. The highest BCUT2D eigenvalue weighted by atomic mass is 16.5. The summed E-state index contributed by atoms with van der Waals surface area (Å²) in [5, 5.41) is 10.3. The van der Waals surface area contributed by atoms with Crippen molar-refractivity contribution in [2.24, 2.45) is 0 Å². The summed E-state index contributed by atoms with van der Waals surface area (Å²) in [6.45, 7) is 2.48. The zero-order valence-corrected chi connectivity index (χ0v) is 18.1. The largest absolute Gasteiger partial charge is 0.506 e. The van der Waals surface area contributed by atoms with Gasteiger partial charge < -0.3 is 24.6 Å². The van der Waals surface area contributed by atoms with Crippen molar-refractivity contribution < 1.29 is 29.0 Å². The number of piperazine rings is 1. The van der Waals surface area contributed by atoms with Crippen LogP contribution in [-0.2, 0) is 9.53 Å². The van der Waals surface area contributed by atoms with Crippen molar-refractivity contribution in [3.8, 4) is 5.75 Å². The molecule has 10 nitrogen and oxygen atoms in total. The quantitative estimate of drug-likeness (QED) is 0.350. The Labute approximate surface area is 188 Å². The van der Waals surface area contributed by atoms with Gasteiger partial charge in [-0.05, 0) is 19.1 Å². The number of fused-ring (bicyclic) bond motifs is 1. The summed E-state index contributed by atoms with van der Waals surface area (Å²) in [5.74, 6) is -2.83. The van der Waals surface area contributed by atoms with E-state index in [-0.39, 0.29) is 59.5 Å². The molecule has 0 spiro atoms. The molecule has 3 aromatic rings. The lowest BCUT2D eigenvalue weighted by Gasteiger charge is -2.39. The normalized spacial score (nSPS) is 16.0. The molecule has 1 unspecified atom stereocenters. The maximum absolute atomic E-state index is 13.0. The van der Waals surface area contributed by atoms with Gasteiger partial charge in [-0.15, -0.1) is 0 Å². The molecular formula is C23H22N4O6. The molecule has 1 fully saturated rings. The number of ether oxygens (including phenoxy) is 1. The minimum atomic E-state index is -0.839. The second kappa shape index (κ2) is 8.73. The number of rotatable bonds is 4. The van der Waals surface area contributed by atoms with Gasteiger partial charge in [0.1, 0.15) is 5.75 Å². The minimum absolute atomic E-state index is 0.0229. The van der Waals surface area contributed by atoms with Crippen molar-refractivity contribution in [1.82, 2.24) is 19.8 Å². The van der Waals surface area contributed by atoms with Crippen LogP contribution in [0, 0.1) is 0 Å². The van der Waals surface area contributed by atoms with E-state index in [2.05, 4.69) is 14.7 Å². The van der Waals surface area contributed by atoms with Crippen LogP contribution < -0.4 is 0 Å². The number of Topliss-reactive ketones (excluding diaryl/α,β-unsaturated/α-hetero) is 1. The number of methoxy groups -OCH3 is 1. The third-order valence-corrected chi connectivity index (χ3v) is 5.70. The lowest BCUT2D eigenvalue weighted by atomic mass is 10.1. The fourth-order valence-electron chi connectivity index (χ4n) is 4.01. The molecule has 0 bridgehead atoms. The number of amides is 2. The van der Waals surface area contributed by atoms with Crippen LogP contribution >= 0.6 is 0 Å². The zero-order valence-electron chi connectivity index (χ0n) is 18.1. The minimum Gasteiger partial charge on any atom is -0.506 e. The maximum atomic E-state index is 13.0. The summed E-state index contributed by atoms with van der Waals surface area (Å²) in [6.07, 6.45) is 2.29. The molecule has 1 saturated heterocycles. The highest BCUT2D eigenvalue weighted by Crippen LogP contribution is 2.30. The molecule has 2 aromatic heterocycles. The van der Waals surface area contributed by atoms with Gasteiger partial charge >= 0.3 is 5.97 Å². The van der Waals surface area contributed by atoms with Crippen molar-refractivity contribution >= 4 is 34.5 Å². The number of aromatic amines is 1. The smallest absolute Gasteiger partial charge is 0.358 e. The SMILES string of the molecule is COC(=O)c1ncc(O)c2c(C(=O)C(=O)N3CCN(C(=O)c4ccccc4)C(C)C3)c[nH]c12. The Morgan fingerprint density at radius 1 is 1.15 bits per heavy atom. The number of nitrogens with one attached hydrogen (secondary N) is 1. The molecule has 170 valence electrons. The van der Waals surface area contributed by atoms with E-state index in [1.807, 2.05) is 13.0 Å². The summed E-state index contributed by atoms with van der Waals surface area (Å²) in [6, 6.07) is 8.57. The lowest BCUT2D eigenvalue weighted by molar-refractivity contribution is -0.128. The first-order chi connectivity index (χ1) is 15.8. The van der Waals surface area contributed by atoms with E-state index in [1.54, 1.807) is 29.2 Å². The number of esters is 1. The van der Waals surface area contributed by atoms with E-state index in [1.165, 1.54) is 18.2 Å². The second-order valence-corrected chi connectivity index (χ2v) is 7.73. The monoisotopic (exact) mass is 450 g/mol. The standard InChI is InChI=1S/C23H22N4O6/c1-13-12-26(8-9-27(13)21(30)14-6-4-3-5-7-14)22(31)20(29)15-10-24-18-17(15)16(28)11-25-19(18)23(32)33-2/h3-7,10-11,13,24,28H,8-9,12H2,1-2H3. The van der Waals surface area contributed by atoms with Crippen molar-refractivity contribution in [2.45, 2.75) is 13.0 Å². The van der Waals surface area contributed by atoms with Gasteiger partial charge in [-0.25, -0.2) is 9.78 Å². The summed E-state index contributed by atoms with van der Waals surface area (Å²) in [7, 11) is 1.19. The van der Waals surface area contributed by atoms with Gasteiger partial charge in [0.15, 0.2) is 5.69 Å². The van der Waals surface area contributed by atoms with Crippen LogP contribution in [0.5, 0.6) is 5.75 Å². The number of carbonyl (C=O) groups excluding carboxylic acids is 4. The van der Waals surface area contributed by atoms with Gasteiger partial charge in [-0.1, -0.05) is 18.2 Å². The van der Waals surface area contributed by atoms with Crippen LogP contribution in [-0.4, -0.2) is 81.2 Å². The Bertz CT molecular complexity index is 1250. The molecule has 0 saturated carbocycles. The Morgan fingerprint density at radius 2 is 1.88 bits per heavy atom. The second-order valence-electron chi connectivity index (χ2n) is 7.73. The van der Waals surface area contributed by atoms with Crippen molar-refractivity contribution in [1.29, 1.82) is 0 Å². The Hall–Kier alpha value is -4.21. The summed E-state index contributed by atoms with van der Waals surface area (Å²) in [4.78, 5) is 60.4. The number of benzene rings is 1. The summed E-state index contributed by atoms with van der Waals surface area (Å²) < 4.78 is 4.67. The highest BCUT2D eigenvalue weighted by Gasteiger charge is 2.34. The predicted molar refractivity (Wildman–Crippen MR) is 117 cm³/mol. The van der Waals surface area contributed by atoms with Crippen LogP contribution in [0.2, 0.25) is 0 Å². The van der Waals surface area contributed by atoms with Gasteiger partial charge in [0, 0.05) is 37.4 Å². The molecule has 1 atom stereocenters. The van der Waals surface area contributed by atoms with Crippen molar-refractivity contribution in [3.05, 3.63) is 59.5 Å².